The lowest BCUT2D eigenvalue weighted by Gasteiger charge is -2.44. The van der Waals surface area contributed by atoms with E-state index in [1.165, 1.54) is 11.8 Å². The smallest absolute Gasteiger partial charge is 0.303 e. The zero-order valence-corrected chi connectivity index (χ0v) is 9.37. The molecule has 1 aliphatic rings. The van der Waals surface area contributed by atoms with Gasteiger partial charge in [-0.15, -0.1) is 0 Å². The molecule has 1 heterocycles. The molecule has 2 atom stereocenters. The van der Waals surface area contributed by atoms with Crippen molar-refractivity contribution in [2.45, 2.75) is 19.1 Å². The van der Waals surface area contributed by atoms with Gasteiger partial charge < -0.3 is 14.7 Å². The Hall–Kier alpha value is -1.88. The molecule has 1 fully saturated rings. The zero-order valence-electron chi connectivity index (χ0n) is 9.37. The molecule has 0 bridgehead atoms. The molecule has 1 amide bonds. The number of rotatable bonds is 3. The molecule has 1 N–H and O–H groups in total. The number of hydrogen-bond donors (Lipinski definition) is 1. The highest BCUT2D eigenvalue weighted by molar-refractivity contribution is 5.90. The van der Waals surface area contributed by atoms with Crippen LogP contribution in [0.3, 0.4) is 0 Å². The van der Waals surface area contributed by atoms with Crippen molar-refractivity contribution < 1.29 is 19.4 Å². The predicted molar refractivity (Wildman–Crippen MR) is 58.7 cm³/mol. The number of β-lactam (4-membered cyclic amide) rings is 1. The van der Waals surface area contributed by atoms with Crippen molar-refractivity contribution in [3.63, 3.8) is 0 Å². The number of benzene rings is 1. The topological polar surface area (TPSA) is 66.8 Å². The van der Waals surface area contributed by atoms with Gasteiger partial charge in [0, 0.05) is 6.92 Å². The quantitative estimate of drug-likeness (QED) is 0.610. The first-order valence-electron chi connectivity index (χ1n) is 5.28. The summed E-state index contributed by atoms with van der Waals surface area (Å²) < 4.78 is 4.96. The number of carbonyl (C=O) groups excluding carboxylic acids is 2. The monoisotopic (exact) mass is 235 g/mol. The fraction of sp³-hybridized carbons (Fsp3) is 0.333. The van der Waals surface area contributed by atoms with Gasteiger partial charge in [-0.05, 0) is 5.56 Å². The summed E-state index contributed by atoms with van der Waals surface area (Å²) in [4.78, 5) is 23.8. The number of carbonyl (C=O) groups is 2. The molecule has 1 aromatic rings. The van der Waals surface area contributed by atoms with E-state index in [-0.39, 0.29) is 12.6 Å². The summed E-state index contributed by atoms with van der Waals surface area (Å²) in [5.41, 5.74) is 0.840. The highest BCUT2D eigenvalue weighted by atomic mass is 16.6. The second kappa shape index (κ2) is 4.55. The molecule has 0 unspecified atom stereocenters. The van der Waals surface area contributed by atoms with Crippen LogP contribution >= 0.6 is 0 Å². The van der Waals surface area contributed by atoms with Gasteiger partial charge in [-0.1, -0.05) is 30.3 Å². The maximum atomic E-state index is 11.6. The van der Waals surface area contributed by atoms with E-state index >= 15 is 0 Å². The number of nitrogens with zero attached hydrogens (tertiary/aromatic N) is 1. The van der Waals surface area contributed by atoms with Crippen LogP contribution in [0.2, 0.25) is 0 Å². The average molecular weight is 235 g/mol. The summed E-state index contributed by atoms with van der Waals surface area (Å²) in [5, 5.41) is 9.10. The van der Waals surface area contributed by atoms with Crippen LogP contribution in [-0.4, -0.2) is 34.7 Å². The Morgan fingerprint density at radius 1 is 1.41 bits per heavy atom. The van der Waals surface area contributed by atoms with Gasteiger partial charge in [-0.3, -0.25) is 9.59 Å². The van der Waals surface area contributed by atoms with Crippen LogP contribution in [0.25, 0.3) is 0 Å². The maximum Gasteiger partial charge on any atom is 0.303 e. The summed E-state index contributed by atoms with van der Waals surface area (Å²) in [5.74, 6) is -0.863. The molecule has 90 valence electrons. The molecule has 0 aromatic heterocycles. The Labute approximate surface area is 98.6 Å². The first-order chi connectivity index (χ1) is 8.15. The number of aliphatic hydroxyl groups excluding tert-OH is 1. The molecule has 2 rings (SSSR count). The summed E-state index contributed by atoms with van der Waals surface area (Å²) in [6.45, 7) is 0.882. The van der Waals surface area contributed by atoms with Crippen molar-refractivity contribution in [2.75, 3.05) is 6.73 Å². The Bertz CT molecular complexity index is 431. The van der Waals surface area contributed by atoms with E-state index < -0.39 is 18.1 Å². The Morgan fingerprint density at radius 2 is 2.06 bits per heavy atom. The van der Waals surface area contributed by atoms with Crippen molar-refractivity contribution >= 4 is 11.9 Å². The van der Waals surface area contributed by atoms with Gasteiger partial charge in [0.15, 0.2) is 0 Å². The highest BCUT2D eigenvalue weighted by Gasteiger charge is 2.50. The molecule has 0 radical (unpaired) electrons. The van der Waals surface area contributed by atoms with Crippen molar-refractivity contribution in [1.29, 1.82) is 0 Å². The lowest BCUT2D eigenvalue weighted by molar-refractivity contribution is -0.188. The molecule has 5 nitrogen and oxygen atoms in total. The van der Waals surface area contributed by atoms with Gasteiger partial charge in [-0.25, -0.2) is 0 Å². The van der Waals surface area contributed by atoms with E-state index in [1.807, 2.05) is 30.3 Å². The Balaban J connectivity index is 2.23. The number of ether oxygens (including phenoxy) is 1. The van der Waals surface area contributed by atoms with E-state index in [4.69, 9.17) is 9.84 Å². The number of aliphatic hydroxyl groups is 1. The molecule has 1 aliphatic heterocycles. The predicted octanol–water partition coefficient (Wildman–Crippen LogP) is 0.451. The number of esters is 1. The third-order valence-electron chi connectivity index (χ3n) is 2.74. The summed E-state index contributed by atoms with van der Waals surface area (Å²) in [6.07, 6.45) is -0.818. The van der Waals surface area contributed by atoms with Gasteiger partial charge in [0.2, 0.25) is 6.10 Å². The summed E-state index contributed by atoms with van der Waals surface area (Å²) in [6, 6.07) is 8.79. The van der Waals surface area contributed by atoms with Crippen LogP contribution in [0.1, 0.15) is 18.5 Å². The zero-order chi connectivity index (χ0) is 12.4. The van der Waals surface area contributed by atoms with Crippen molar-refractivity contribution in [1.82, 2.24) is 4.90 Å². The minimum absolute atomic E-state index is 0.364. The number of likely N-dealkylation sites (tertiary alicyclic amines) is 1. The van der Waals surface area contributed by atoms with Crippen molar-refractivity contribution in [3.05, 3.63) is 35.9 Å². The van der Waals surface area contributed by atoms with Gasteiger partial charge in [0.1, 0.15) is 12.8 Å². The average Bonchev–Trinajstić information content (AvgIpc) is 2.33. The third-order valence-corrected chi connectivity index (χ3v) is 2.74. The van der Waals surface area contributed by atoms with Crippen LogP contribution in [-0.2, 0) is 14.3 Å². The molecular formula is C12H13NO4. The summed E-state index contributed by atoms with van der Waals surface area (Å²) >= 11 is 0. The molecule has 0 spiro atoms. The molecule has 5 heteroatoms. The van der Waals surface area contributed by atoms with Crippen molar-refractivity contribution in [3.8, 4) is 0 Å². The minimum Gasteiger partial charge on any atom is -0.450 e. The SMILES string of the molecule is CC(=O)O[C@@H]1C(=O)N(CO)[C@@H]1c1ccccc1. The molecule has 0 aliphatic carbocycles. The summed E-state index contributed by atoms with van der Waals surface area (Å²) in [7, 11) is 0. The van der Waals surface area contributed by atoms with Crippen LogP contribution < -0.4 is 0 Å². The van der Waals surface area contributed by atoms with Crippen LogP contribution in [0.15, 0.2) is 30.3 Å². The lowest BCUT2D eigenvalue weighted by atomic mass is 9.91. The molecule has 0 saturated carbocycles. The fourth-order valence-corrected chi connectivity index (χ4v) is 1.97. The molecule has 17 heavy (non-hydrogen) atoms. The van der Waals surface area contributed by atoms with E-state index in [2.05, 4.69) is 0 Å². The van der Waals surface area contributed by atoms with Crippen LogP contribution in [0, 0.1) is 0 Å². The van der Waals surface area contributed by atoms with E-state index in [1.54, 1.807) is 0 Å². The number of hydrogen-bond acceptors (Lipinski definition) is 4. The van der Waals surface area contributed by atoms with Gasteiger partial charge in [0.25, 0.3) is 5.91 Å². The van der Waals surface area contributed by atoms with E-state index in [0.717, 1.165) is 5.56 Å². The van der Waals surface area contributed by atoms with Crippen LogP contribution in [0.5, 0.6) is 0 Å². The van der Waals surface area contributed by atoms with E-state index in [0.29, 0.717) is 0 Å². The van der Waals surface area contributed by atoms with Crippen molar-refractivity contribution in [2.24, 2.45) is 0 Å². The maximum absolute atomic E-state index is 11.6. The Morgan fingerprint density at radius 3 is 2.59 bits per heavy atom. The van der Waals surface area contributed by atoms with Crippen LogP contribution in [0.4, 0.5) is 0 Å². The Kier molecular flexibility index (Phi) is 3.10. The lowest BCUT2D eigenvalue weighted by Crippen LogP contribution is -2.60. The second-order valence-electron chi connectivity index (χ2n) is 3.84. The minimum atomic E-state index is -0.818. The highest BCUT2D eigenvalue weighted by Crippen LogP contribution is 2.36. The van der Waals surface area contributed by atoms with Gasteiger partial charge in [-0.2, -0.15) is 0 Å². The third kappa shape index (κ3) is 2.01. The molecule has 1 aromatic carbocycles. The van der Waals surface area contributed by atoms with Gasteiger partial charge in [0.05, 0.1) is 0 Å². The normalized spacial score (nSPS) is 23.2. The molecular weight excluding hydrogens is 222 g/mol. The largest absolute Gasteiger partial charge is 0.450 e. The van der Waals surface area contributed by atoms with E-state index in [9.17, 15) is 9.59 Å². The standard InChI is InChI=1S/C12H13NO4/c1-8(15)17-11-10(13(7-14)12(11)16)9-5-3-2-4-6-9/h2-6,10-11,14H,7H2,1H3/t10-,11+/m1/s1. The molecule has 1 saturated heterocycles. The second-order valence-corrected chi connectivity index (χ2v) is 3.84. The fourth-order valence-electron chi connectivity index (χ4n) is 1.97. The number of amides is 1. The van der Waals surface area contributed by atoms with Gasteiger partial charge >= 0.3 is 5.97 Å². The first-order valence-corrected chi connectivity index (χ1v) is 5.28. The first kappa shape index (κ1) is 11.6.